The highest BCUT2D eigenvalue weighted by molar-refractivity contribution is 7.92. The molecule has 0 aliphatic rings. The molecule has 0 radical (unpaired) electrons. The van der Waals surface area contributed by atoms with Crippen molar-refractivity contribution in [2.24, 2.45) is 5.92 Å². The molecule has 0 aromatic heterocycles. The van der Waals surface area contributed by atoms with Crippen LogP contribution in [-0.2, 0) is 22.0 Å². The molecule has 4 nitrogen and oxygen atoms in total. The number of aliphatic hydroxyl groups is 1. The van der Waals surface area contributed by atoms with Gasteiger partial charge in [0.05, 0.1) is 10.6 Å². The minimum Gasteiger partial charge on any atom is -0.366 e. The van der Waals surface area contributed by atoms with Crippen molar-refractivity contribution < 1.29 is 26.7 Å². The summed E-state index contributed by atoms with van der Waals surface area (Å²) >= 11 is 0. The zero-order chi connectivity index (χ0) is 25.7. The molecule has 0 heterocycles. The number of nitrogens with zero attached hydrogens (tertiary/aromatic N) is 1. The first kappa shape index (κ1) is 26.3. The van der Waals surface area contributed by atoms with Crippen LogP contribution >= 0.6 is 0 Å². The monoisotopic (exact) mass is 501 g/mol. The molecule has 0 aliphatic heterocycles. The molecule has 35 heavy (non-hydrogen) atoms. The average Bonchev–Trinajstić information content (AvgIpc) is 2.83. The number of hydrogen-bond acceptors (Lipinski definition) is 3. The molecule has 0 fully saturated rings. The molecule has 184 valence electrons. The van der Waals surface area contributed by atoms with Crippen molar-refractivity contribution >= 4 is 15.7 Å². The third-order valence-electron chi connectivity index (χ3n) is 5.25. The second kappa shape index (κ2) is 10.5. The summed E-state index contributed by atoms with van der Waals surface area (Å²) in [6.45, 7) is 3.80. The van der Waals surface area contributed by atoms with Crippen LogP contribution in [0.25, 0.3) is 0 Å². The maximum Gasteiger partial charge on any atom is 0.433 e. The Morgan fingerprint density at radius 1 is 0.886 bits per heavy atom. The normalized spacial score (nSPS) is 13.6. The van der Waals surface area contributed by atoms with Crippen LogP contribution in [0.15, 0.2) is 89.8 Å². The summed E-state index contributed by atoms with van der Waals surface area (Å²) in [5, 5.41) is 10.6. The van der Waals surface area contributed by atoms with Crippen LogP contribution in [0.3, 0.4) is 0 Å². The highest BCUT2D eigenvalue weighted by Gasteiger charge is 2.54. The summed E-state index contributed by atoms with van der Waals surface area (Å²) in [7, 11) is -3.95. The highest BCUT2D eigenvalue weighted by Crippen LogP contribution is 2.39. The molecule has 0 amide bonds. The fourth-order valence-electron chi connectivity index (χ4n) is 3.44. The summed E-state index contributed by atoms with van der Waals surface area (Å²) < 4.78 is 69.4. The number of sulfonamides is 1. The molecule has 0 aliphatic carbocycles. The van der Waals surface area contributed by atoms with Crippen LogP contribution in [0.2, 0.25) is 0 Å². The summed E-state index contributed by atoms with van der Waals surface area (Å²) in [4.78, 5) is 0.0725. The molecule has 3 aromatic carbocycles. The number of halogens is 3. The van der Waals surface area contributed by atoms with E-state index < -0.39 is 27.4 Å². The van der Waals surface area contributed by atoms with E-state index in [1.807, 2.05) is 19.8 Å². The number of benzene rings is 3. The molecule has 0 spiro atoms. The molecule has 0 bridgehead atoms. The van der Waals surface area contributed by atoms with Crippen LogP contribution < -0.4 is 4.31 Å². The molecule has 1 unspecified atom stereocenters. The zero-order valence-electron chi connectivity index (χ0n) is 19.3. The van der Waals surface area contributed by atoms with Crippen LogP contribution in [0, 0.1) is 17.8 Å². The summed E-state index contributed by atoms with van der Waals surface area (Å²) in [5.41, 5.74) is -2.99. The Bertz CT molecular complexity index is 1280. The SMILES string of the molecule is CC(C)CN(c1ccc(C(O)(C#CCc2ccccc2)C(F)(F)F)cc1)S(=O)(=O)c1ccccc1. The molecule has 3 rings (SSSR count). The molecule has 0 saturated heterocycles. The molecule has 1 atom stereocenters. The van der Waals surface area contributed by atoms with E-state index in [1.165, 1.54) is 24.3 Å². The molecule has 0 saturated carbocycles. The average molecular weight is 502 g/mol. The van der Waals surface area contributed by atoms with E-state index in [2.05, 4.69) is 5.92 Å². The largest absolute Gasteiger partial charge is 0.433 e. The molecule has 3 aromatic rings. The Kier molecular flexibility index (Phi) is 7.93. The predicted octanol–water partition coefficient (Wildman–Crippen LogP) is 5.53. The Hall–Kier alpha value is -3.28. The maximum atomic E-state index is 13.9. The Balaban J connectivity index is 1.98. The van der Waals surface area contributed by atoms with Crippen molar-refractivity contribution in [3.8, 4) is 11.8 Å². The standard InChI is InChI=1S/C27H26F3NO3S/c1-21(2)20-31(35(33,34)25-13-7-4-8-14-25)24-17-15-23(16-18-24)26(32,27(28,29)30)19-9-12-22-10-5-3-6-11-22/h3-8,10-11,13-18,21,32H,12,20H2,1-2H3. The van der Waals surface area contributed by atoms with E-state index in [9.17, 15) is 26.7 Å². The van der Waals surface area contributed by atoms with E-state index in [-0.39, 0.29) is 29.5 Å². The van der Waals surface area contributed by atoms with E-state index >= 15 is 0 Å². The lowest BCUT2D eigenvalue weighted by molar-refractivity contribution is -0.240. The fourth-order valence-corrected chi connectivity index (χ4v) is 5.09. The number of alkyl halides is 3. The van der Waals surface area contributed by atoms with Crippen LogP contribution in [0.5, 0.6) is 0 Å². The van der Waals surface area contributed by atoms with Gasteiger partial charge in [-0.05, 0) is 35.7 Å². The summed E-state index contributed by atoms with van der Waals surface area (Å²) in [6, 6.07) is 21.2. The number of anilines is 1. The van der Waals surface area contributed by atoms with Gasteiger partial charge in [-0.1, -0.05) is 86.4 Å². The van der Waals surface area contributed by atoms with Gasteiger partial charge in [0.2, 0.25) is 5.60 Å². The lowest BCUT2D eigenvalue weighted by Gasteiger charge is -2.28. The first-order chi connectivity index (χ1) is 16.4. The third kappa shape index (κ3) is 6.05. The lowest BCUT2D eigenvalue weighted by atomic mass is 9.93. The van der Waals surface area contributed by atoms with Crippen molar-refractivity contribution in [3.63, 3.8) is 0 Å². The van der Waals surface area contributed by atoms with Gasteiger partial charge in [-0.25, -0.2) is 8.42 Å². The minimum absolute atomic E-state index is 0.0365. The Morgan fingerprint density at radius 3 is 1.94 bits per heavy atom. The maximum absolute atomic E-state index is 13.9. The second-order valence-corrected chi connectivity index (χ2v) is 10.3. The van der Waals surface area contributed by atoms with Gasteiger partial charge in [0, 0.05) is 18.5 Å². The van der Waals surface area contributed by atoms with E-state index in [1.54, 1.807) is 48.5 Å². The topological polar surface area (TPSA) is 57.6 Å². The zero-order valence-corrected chi connectivity index (χ0v) is 20.1. The van der Waals surface area contributed by atoms with Crippen molar-refractivity contribution in [1.29, 1.82) is 0 Å². The van der Waals surface area contributed by atoms with Gasteiger partial charge in [0.15, 0.2) is 0 Å². The van der Waals surface area contributed by atoms with Gasteiger partial charge in [-0.3, -0.25) is 4.31 Å². The Labute approximate surface area is 204 Å². The van der Waals surface area contributed by atoms with Gasteiger partial charge in [-0.2, -0.15) is 13.2 Å². The first-order valence-electron chi connectivity index (χ1n) is 11.0. The van der Waals surface area contributed by atoms with Crippen molar-refractivity contribution in [1.82, 2.24) is 0 Å². The number of hydrogen-bond donors (Lipinski definition) is 1. The molecular formula is C27H26F3NO3S. The van der Waals surface area contributed by atoms with E-state index in [0.717, 1.165) is 22.0 Å². The van der Waals surface area contributed by atoms with E-state index in [0.29, 0.717) is 0 Å². The van der Waals surface area contributed by atoms with Gasteiger partial charge in [0.25, 0.3) is 10.0 Å². The van der Waals surface area contributed by atoms with Crippen molar-refractivity contribution in [2.45, 2.75) is 36.9 Å². The second-order valence-electron chi connectivity index (χ2n) is 8.46. The van der Waals surface area contributed by atoms with Gasteiger partial charge in [-0.15, -0.1) is 0 Å². The van der Waals surface area contributed by atoms with Gasteiger partial charge in [0.1, 0.15) is 0 Å². The van der Waals surface area contributed by atoms with Gasteiger partial charge < -0.3 is 5.11 Å². The van der Waals surface area contributed by atoms with Crippen LogP contribution in [-0.4, -0.2) is 26.2 Å². The van der Waals surface area contributed by atoms with Crippen molar-refractivity contribution in [3.05, 3.63) is 96.1 Å². The Morgan fingerprint density at radius 2 is 1.43 bits per heavy atom. The van der Waals surface area contributed by atoms with Crippen LogP contribution in [0.1, 0.15) is 25.0 Å². The lowest BCUT2D eigenvalue weighted by Crippen LogP contribution is -2.41. The third-order valence-corrected chi connectivity index (χ3v) is 7.06. The van der Waals surface area contributed by atoms with Gasteiger partial charge >= 0.3 is 6.18 Å². The highest BCUT2D eigenvalue weighted by atomic mass is 32.2. The molecule has 8 heteroatoms. The fraction of sp³-hybridized carbons (Fsp3) is 0.259. The molecule has 1 N–H and O–H groups in total. The summed E-state index contributed by atoms with van der Waals surface area (Å²) in [5.74, 6) is 4.37. The van der Waals surface area contributed by atoms with Crippen molar-refractivity contribution in [2.75, 3.05) is 10.8 Å². The minimum atomic E-state index is -5.06. The molecular weight excluding hydrogens is 475 g/mol. The number of rotatable bonds is 7. The van der Waals surface area contributed by atoms with Crippen LogP contribution in [0.4, 0.5) is 18.9 Å². The smallest absolute Gasteiger partial charge is 0.366 e. The van der Waals surface area contributed by atoms with E-state index in [4.69, 9.17) is 0 Å². The quantitative estimate of drug-likeness (QED) is 0.433. The predicted molar refractivity (Wildman–Crippen MR) is 130 cm³/mol. The summed E-state index contributed by atoms with van der Waals surface area (Å²) in [6.07, 6.45) is -5.03. The first-order valence-corrected chi connectivity index (χ1v) is 12.4.